The summed E-state index contributed by atoms with van der Waals surface area (Å²) in [6, 6.07) is 8.46. The summed E-state index contributed by atoms with van der Waals surface area (Å²) in [4.78, 5) is 43.8. The number of anilines is 1. The number of nitrogens with zero attached hydrogens (tertiary/aromatic N) is 7. The predicted molar refractivity (Wildman–Crippen MR) is 146 cm³/mol. The molecule has 5 rings (SSSR count). The maximum absolute atomic E-state index is 13.0. The fourth-order valence-corrected chi connectivity index (χ4v) is 6.91. The quantitative estimate of drug-likeness (QED) is 0.0687. The topological polar surface area (TPSA) is 184 Å². The van der Waals surface area contributed by atoms with E-state index in [-0.39, 0.29) is 51.8 Å². The van der Waals surface area contributed by atoms with Gasteiger partial charge in [-0.1, -0.05) is 47.2 Å². The zero-order chi connectivity index (χ0) is 27.7. The van der Waals surface area contributed by atoms with Gasteiger partial charge in [-0.25, -0.2) is 19.4 Å². The Kier molecular flexibility index (Phi) is 9.58. The zero-order valence-electron chi connectivity index (χ0n) is 21.5. The summed E-state index contributed by atoms with van der Waals surface area (Å²) in [7, 11) is 3.03. The molecule has 2 atom stereocenters. The number of benzene rings is 1. The molecule has 13 nitrogen and oxygen atoms in total. The smallest absolute Gasteiger partial charge is 0.857 e. The number of carbonyl (C=O) groups is 2. The first-order valence-corrected chi connectivity index (χ1v) is 14.3. The van der Waals surface area contributed by atoms with Crippen molar-refractivity contribution in [3.63, 3.8) is 0 Å². The zero-order valence-corrected chi connectivity index (χ0v) is 26.0. The van der Waals surface area contributed by atoms with Crippen LogP contribution in [0.5, 0.6) is 0 Å². The van der Waals surface area contributed by atoms with E-state index in [0.717, 1.165) is 16.9 Å². The Morgan fingerprint density at radius 2 is 2.08 bits per heavy atom. The van der Waals surface area contributed by atoms with E-state index in [1.54, 1.807) is 11.7 Å². The van der Waals surface area contributed by atoms with E-state index < -0.39 is 29.2 Å². The number of oxime groups is 1. The van der Waals surface area contributed by atoms with Crippen molar-refractivity contribution in [3.8, 4) is 11.4 Å². The molecule has 17 heteroatoms. The Balaban J connectivity index is 0.00000370. The van der Waals surface area contributed by atoms with Crippen LogP contribution < -0.4 is 40.4 Å². The average molecular weight is 609 g/mol. The third-order valence-corrected chi connectivity index (χ3v) is 8.86. The molecule has 202 valence electrons. The molecule has 1 aromatic carbocycles. The molecule has 2 aliphatic rings. The minimum Gasteiger partial charge on any atom is -0.857 e. The molecular formula is C23H21N8NaO5S3. The Morgan fingerprint density at radius 3 is 2.73 bits per heavy atom. The second-order valence-corrected chi connectivity index (χ2v) is 11.2. The number of carbonyl (C=O) groups excluding carboxylic acids is 1. The van der Waals surface area contributed by atoms with Gasteiger partial charge in [0.05, 0.1) is 0 Å². The summed E-state index contributed by atoms with van der Waals surface area (Å²) >= 11 is 3.79. The molecule has 40 heavy (non-hydrogen) atoms. The first-order chi connectivity index (χ1) is 18.8. The van der Waals surface area contributed by atoms with Crippen molar-refractivity contribution in [1.29, 1.82) is 0 Å². The number of carboxylic acid groups (broad SMARTS) is 1. The van der Waals surface area contributed by atoms with Crippen LogP contribution in [0.2, 0.25) is 0 Å². The summed E-state index contributed by atoms with van der Waals surface area (Å²) in [5, 5.41) is 32.7. The first-order valence-electron chi connectivity index (χ1n) is 11.4. The number of aliphatic carboxylic acids is 1. The van der Waals surface area contributed by atoms with Gasteiger partial charge < -0.3 is 20.8 Å². The first kappa shape index (κ1) is 30.1. The van der Waals surface area contributed by atoms with Gasteiger partial charge >= 0.3 is 35.5 Å². The minimum absolute atomic E-state index is 0. The van der Waals surface area contributed by atoms with Crippen LogP contribution >= 0.6 is 34.9 Å². The van der Waals surface area contributed by atoms with Crippen LogP contribution in [-0.2, 0) is 21.5 Å². The maximum Gasteiger partial charge on any atom is 1.00 e. The van der Waals surface area contributed by atoms with Crippen LogP contribution in [0.25, 0.3) is 11.4 Å². The maximum atomic E-state index is 13.0. The van der Waals surface area contributed by atoms with Gasteiger partial charge in [0.15, 0.2) is 22.2 Å². The van der Waals surface area contributed by atoms with E-state index in [2.05, 4.69) is 25.2 Å². The number of fused-ring (bicyclic) bond motifs is 1. The average Bonchev–Trinajstić information content (AvgIpc) is 3.53. The Morgan fingerprint density at radius 1 is 1.32 bits per heavy atom. The van der Waals surface area contributed by atoms with E-state index in [0.29, 0.717) is 28.1 Å². The van der Waals surface area contributed by atoms with Crippen molar-refractivity contribution < 1.29 is 54.2 Å². The second kappa shape index (κ2) is 12.7. The van der Waals surface area contributed by atoms with Gasteiger partial charge in [-0.15, -0.1) is 23.1 Å². The molecule has 3 aromatic rings. The molecule has 0 unspecified atom stereocenters. The number of rotatable bonds is 9. The summed E-state index contributed by atoms with van der Waals surface area (Å²) in [6.07, 6.45) is 0. The van der Waals surface area contributed by atoms with Crippen LogP contribution in [-0.4, -0.2) is 83.3 Å². The van der Waals surface area contributed by atoms with Crippen molar-refractivity contribution in [2.24, 2.45) is 17.2 Å². The summed E-state index contributed by atoms with van der Waals surface area (Å²) in [5.74, 6) is -1.41. The van der Waals surface area contributed by atoms with Crippen molar-refractivity contribution in [2.75, 3.05) is 24.3 Å². The molecule has 1 fully saturated rings. The number of thiazole rings is 1. The number of amides is 1. The molecule has 2 aliphatic heterocycles. The van der Waals surface area contributed by atoms with Gasteiger partial charge in [0.2, 0.25) is 0 Å². The van der Waals surface area contributed by atoms with Crippen LogP contribution in [0.4, 0.5) is 5.13 Å². The van der Waals surface area contributed by atoms with Crippen molar-refractivity contribution >= 4 is 63.5 Å². The molecule has 0 saturated carbocycles. The fourth-order valence-electron chi connectivity index (χ4n) is 3.99. The normalized spacial score (nSPS) is 19.1. The SMILES string of the molecule is CO/N=C(\C([O-])=N[C@@H]1C(=O)N2C(C(=O)O)=C(CSc3nc(-c4ccccc4)nn3C)CS[C@H]12)c1csc(N)n1.[Na+]. The third-order valence-electron chi connectivity index (χ3n) is 5.76. The fraction of sp³-hybridized carbons (Fsp3) is 0.261. The Bertz CT molecular complexity index is 1520. The molecule has 1 amide bonds. The minimum atomic E-state index is -1.23. The van der Waals surface area contributed by atoms with E-state index >= 15 is 0 Å². The van der Waals surface area contributed by atoms with Gasteiger partial charge in [0, 0.05) is 35.4 Å². The van der Waals surface area contributed by atoms with Gasteiger partial charge in [0.25, 0.3) is 5.91 Å². The number of thioether (sulfide) groups is 2. The number of β-lactam (4-membered cyclic amide) rings is 1. The molecule has 0 radical (unpaired) electrons. The predicted octanol–water partition coefficient (Wildman–Crippen LogP) is -1.95. The largest absolute Gasteiger partial charge is 1.00 e. The molecular weight excluding hydrogens is 587 g/mol. The number of carboxylic acids is 1. The van der Waals surface area contributed by atoms with Crippen LogP contribution in [0, 0.1) is 0 Å². The molecule has 4 heterocycles. The van der Waals surface area contributed by atoms with Crippen molar-refractivity contribution in [2.45, 2.75) is 16.6 Å². The molecule has 2 aromatic heterocycles. The number of aliphatic imine (C=N–C) groups is 1. The van der Waals surface area contributed by atoms with Crippen LogP contribution in [0.3, 0.4) is 0 Å². The van der Waals surface area contributed by atoms with E-state index in [4.69, 9.17) is 10.6 Å². The molecule has 0 spiro atoms. The van der Waals surface area contributed by atoms with E-state index in [1.165, 1.54) is 40.9 Å². The molecule has 3 N–H and O–H groups in total. The van der Waals surface area contributed by atoms with E-state index in [9.17, 15) is 19.8 Å². The molecule has 0 aliphatic carbocycles. The summed E-state index contributed by atoms with van der Waals surface area (Å²) in [5.41, 5.74) is 6.97. The third kappa shape index (κ3) is 5.91. The number of nitrogen functional groups attached to an aromatic ring is 1. The number of nitrogens with two attached hydrogens (primary N) is 1. The van der Waals surface area contributed by atoms with E-state index in [1.807, 2.05) is 30.3 Å². The van der Waals surface area contributed by atoms with Gasteiger partial charge in [-0.05, 0) is 5.57 Å². The molecule has 0 bridgehead atoms. The Hall–Kier alpha value is -2.89. The Labute approximate surface area is 262 Å². The van der Waals surface area contributed by atoms with Gasteiger partial charge in [0.1, 0.15) is 29.6 Å². The summed E-state index contributed by atoms with van der Waals surface area (Å²) < 4.78 is 1.64. The monoisotopic (exact) mass is 608 g/mol. The second-order valence-electron chi connectivity index (χ2n) is 8.24. The van der Waals surface area contributed by atoms with Gasteiger partial charge in [-0.2, -0.15) is 5.10 Å². The number of hydrogen-bond acceptors (Lipinski definition) is 13. The van der Waals surface area contributed by atoms with Crippen LogP contribution in [0.1, 0.15) is 5.69 Å². The van der Waals surface area contributed by atoms with Gasteiger partial charge in [-0.3, -0.25) is 14.7 Å². The van der Waals surface area contributed by atoms with Crippen molar-refractivity contribution in [1.82, 2.24) is 24.6 Å². The van der Waals surface area contributed by atoms with Crippen LogP contribution in [0.15, 0.2) is 62.3 Å². The standard InChI is InChI=1S/C23H22N8O5S3.Na/c1-30-23(27-17(28-30)11-6-4-3-5-7-11)39-9-12-8-37-20-15(19(33)31(20)16(12)21(34)35)26-18(32)14(29-36-2)13-10-38-22(24)25-13;/h3-7,10,15,20H,8-9H2,1-2H3,(H2,24,25)(H,26,32)(H,34,35);/q;+1/p-1/b29-14-;/t15-,20-;/m1./s1. The summed E-state index contributed by atoms with van der Waals surface area (Å²) in [6.45, 7) is 0. The number of hydrogen-bond donors (Lipinski definition) is 2. The number of aryl methyl sites for hydroxylation is 1. The van der Waals surface area contributed by atoms with Crippen molar-refractivity contribution in [3.05, 3.63) is 52.7 Å². The molecule has 1 saturated heterocycles. The number of aromatic nitrogens is 4.